The average Bonchev–Trinajstić information content (AvgIpc) is 2.33. The molecule has 0 unspecified atom stereocenters. The van der Waals surface area contributed by atoms with Crippen LogP contribution in [0, 0.1) is 0 Å². The molecular weight excluding hydrogens is 244 g/mol. The van der Waals surface area contributed by atoms with E-state index in [-0.39, 0.29) is 0 Å². The first-order valence-corrected chi connectivity index (χ1v) is 6.18. The number of rotatable bonds is 4. The molecule has 1 amide bonds. The van der Waals surface area contributed by atoms with Gasteiger partial charge in [-0.15, -0.1) is 0 Å². The van der Waals surface area contributed by atoms with Gasteiger partial charge in [-0.3, -0.25) is 0 Å². The highest BCUT2D eigenvalue weighted by Crippen LogP contribution is 2.19. The molecule has 1 rings (SSSR count). The Bertz CT molecular complexity index is 439. The predicted molar refractivity (Wildman–Crippen MR) is 74.0 cm³/mol. The van der Waals surface area contributed by atoms with Crippen molar-refractivity contribution in [1.82, 2.24) is 5.32 Å². The number of nitrogens with two attached hydrogens (primary N) is 1. The predicted octanol–water partition coefficient (Wildman–Crippen LogP) is 2.18. The van der Waals surface area contributed by atoms with Crippen LogP contribution in [0.25, 0.3) is 0 Å². The quantitative estimate of drug-likeness (QED) is 0.876. The van der Waals surface area contributed by atoms with Gasteiger partial charge in [0.05, 0.1) is 7.11 Å². The lowest BCUT2D eigenvalue weighted by Crippen LogP contribution is -2.32. The van der Waals surface area contributed by atoms with Crippen LogP contribution < -0.4 is 15.8 Å². The first kappa shape index (κ1) is 15.3. The Morgan fingerprint density at radius 3 is 2.58 bits per heavy atom. The molecule has 0 bridgehead atoms. The van der Waals surface area contributed by atoms with E-state index in [1.165, 1.54) is 0 Å². The molecule has 0 aliphatic rings. The Morgan fingerprint density at radius 1 is 1.37 bits per heavy atom. The number of nitrogens with one attached hydrogen (secondary N) is 1. The molecule has 1 aromatic carbocycles. The van der Waals surface area contributed by atoms with Crippen molar-refractivity contribution in [3.63, 3.8) is 0 Å². The van der Waals surface area contributed by atoms with Crippen LogP contribution in [0.3, 0.4) is 0 Å². The van der Waals surface area contributed by atoms with Crippen molar-refractivity contribution in [3.8, 4) is 5.75 Å². The van der Waals surface area contributed by atoms with Crippen LogP contribution in [-0.2, 0) is 17.8 Å². The average molecular weight is 266 g/mol. The number of carbonyl (C=O) groups is 1. The van der Waals surface area contributed by atoms with E-state index in [9.17, 15) is 4.79 Å². The van der Waals surface area contributed by atoms with Gasteiger partial charge in [0, 0.05) is 18.7 Å². The van der Waals surface area contributed by atoms with E-state index in [0.717, 1.165) is 11.1 Å². The zero-order valence-corrected chi connectivity index (χ0v) is 11.9. The summed E-state index contributed by atoms with van der Waals surface area (Å²) in [6.45, 7) is 6.25. The van der Waals surface area contributed by atoms with Gasteiger partial charge in [-0.25, -0.2) is 4.79 Å². The summed E-state index contributed by atoms with van der Waals surface area (Å²) < 4.78 is 10.4. The molecule has 0 heterocycles. The van der Waals surface area contributed by atoms with Crippen LogP contribution >= 0.6 is 0 Å². The molecule has 0 aliphatic heterocycles. The summed E-state index contributed by atoms with van der Waals surface area (Å²) in [5.41, 5.74) is 6.95. The number of hydrogen-bond donors (Lipinski definition) is 2. The molecule has 3 N–H and O–H groups in total. The van der Waals surface area contributed by atoms with Crippen LogP contribution in [-0.4, -0.2) is 18.8 Å². The van der Waals surface area contributed by atoms with Gasteiger partial charge in [0.15, 0.2) is 0 Å². The van der Waals surface area contributed by atoms with E-state index in [2.05, 4.69) is 5.32 Å². The zero-order chi connectivity index (χ0) is 14.5. The van der Waals surface area contributed by atoms with E-state index in [0.29, 0.717) is 18.8 Å². The normalized spacial score (nSPS) is 11.0. The van der Waals surface area contributed by atoms with Crippen LogP contribution in [0.2, 0.25) is 0 Å². The topological polar surface area (TPSA) is 73.6 Å². The summed E-state index contributed by atoms with van der Waals surface area (Å²) in [4.78, 5) is 11.6. The molecule has 5 heteroatoms. The monoisotopic (exact) mass is 266 g/mol. The molecular formula is C14H22N2O3. The number of amides is 1. The summed E-state index contributed by atoms with van der Waals surface area (Å²) in [5.74, 6) is 0.716. The van der Waals surface area contributed by atoms with Crippen molar-refractivity contribution in [2.45, 2.75) is 39.5 Å². The van der Waals surface area contributed by atoms with Gasteiger partial charge in [0.25, 0.3) is 0 Å². The minimum absolute atomic E-state index is 0.339. The van der Waals surface area contributed by atoms with Crippen molar-refractivity contribution < 1.29 is 14.3 Å². The first-order chi connectivity index (χ1) is 8.85. The van der Waals surface area contributed by atoms with Gasteiger partial charge in [-0.05, 0) is 38.5 Å². The minimum Gasteiger partial charge on any atom is -0.496 e. The van der Waals surface area contributed by atoms with E-state index in [1.54, 1.807) is 7.11 Å². The Balaban J connectivity index is 2.68. The second-order valence-corrected chi connectivity index (χ2v) is 5.21. The lowest BCUT2D eigenvalue weighted by Gasteiger charge is -2.20. The van der Waals surface area contributed by atoms with Gasteiger partial charge in [0.2, 0.25) is 0 Å². The Labute approximate surface area is 114 Å². The van der Waals surface area contributed by atoms with Gasteiger partial charge < -0.3 is 20.5 Å². The molecule has 1 aromatic rings. The highest BCUT2D eigenvalue weighted by atomic mass is 16.6. The SMILES string of the molecule is COc1ccc(CN)cc1CNC(=O)OC(C)(C)C. The van der Waals surface area contributed by atoms with Crippen molar-refractivity contribution in [1.29, 1.82) is 0 Å². The van der Waals surface area contributed by atoms with E-state index >= 15 is 0 Å². The van der Waals surface area contributed by atoms with Crippen LogP contribution in [0.15, 0.2) is 18.2 Å². The molecule has 0 radical (unpaired) electrons. The van der Waals surface area contributed by atoms with E-state index in [4.69, 9.17) is 15.2 Å². The maximum Gasteiger partial charge on any atom is 0.407 e. The first-order valence-electron chi connectivity index (χ1n) is 6.18. The highest BCUT2D eigenvalue weighted by Gasteiger charge is 2.16. The molecule has 0 spiro atoms. The van der Waals surface area contributed by atoms with Gasteiger partial charge in [0.1, 0.15) is 11.4 Å². The lowest BCUT2D eigenvalue weighted by molar-refractivity contribution is 0.0523. The standard InChI is InChI=1S/C14H22N2O3/c1-14(2,3)19-13(17)16-9-11-7-10(8-15)5-6-12(11)18-4/h5-7H,8-9,15H2,1-4H3,(H,16,17). The second-order valence-electron chi connectivity index (χ2n) is 5.21. The summed E-state index contributed by atoms with van der Waals surface area (Å²) in [6.07, 6.45) is -0.451. The minimum atomic E-state index is -0.507. The maximum atomic E-state index is 11.6. The highest BCUT2D eigenvalue weighted by molar-refractivity contribution is 5.67. The van der Waals surface area contributed by atoms with E-state index in [1.807, 2.05) is 39.0 Å². The maximum absolute atomic E-state index is 11.6. The molecule has 0 aliphatic carbocycles. The molecule has 0 saturated heterocycles. The third kappa shape index (κ3) is 5.18. The molecule has 0 atom stereocenters. The lowest BCUT2D eigenvalue weighted by atomic mass is 10.1. The largest absolute Gasteiger partial charge is 0.496 e. The van der Waals surface area contributed by atoms with Crippen molar-refractivity contribution >= 4 is 6.09 Å². The van der Waals surface area contributed by atoms with E-state index < -0.39 is 11.7 Å². The number of methoxy groups -OCH3 is 1. The smallest absolute Gasteiger partial charge is 0.407 e. The number of hydrogen-bond acceptors (Lipinski definition) is 4. The molecule has 0 saturated carbocycles. The van der Waals surface area contributed by atoms with Gasteiger partial charge in [-0.2, -0.15) is 0 Å². The summed E-state index contributed by atoms with van der Waals surface area (Å²) in [6, 6.07) is 5.65. The second kappa shape index (κ2) is 6.43. The van der Waals surface area contributed by atoms with Crippen molar-refractivity contribution in [2.24, 2.45) is 5.73 Å². The number of benzene rings is 1. The molecule has 0 fully saturated rings. The molecule has 19 heavy (non-hydrogen) atoms. The van der Waals surface area contributed by atoms with Gasteiger partial charge in [-0.1, -0.05) is 6.07 Å². The number of alkyl carbamates (subject to hydrolysis) is 1. The van der Waals surface area contributed by atoms with Crippen molar-refractivity contribution in [3.05, 3.63) is 29.3 Å². The fourth-order valence-electron chi connectivity index (χ4n) is 1.58. The number of carbonyl (C=O) groups excluding carboxylic acids is 1. The third-order valence-electron chi connectivity index (χ3n) is 2.40. The van der Waals surface area contributed by atoms with Crippen LogP contribution in [0.1, 0.15) is 31.9 Å². The molecule has 0 aromatic heterocycles. The fourth-order valence-corrected chi connectivity index (χ4v) is 1.58. The Morgan fingerprint density at radius 2 is 2.05 bits per heavy atom. The summed E-state index contributed by atoms with van der Waals surface area (Å²) >= 11 is 0. The molecule has 5 nitrogen and oxygen atoms in total. The Kier molecular flexibility index (Phi) is 5.18. The number of ether oxygens (including phenoxy) is 2. The Hall–Kier alpha value is -1.75. The van der Waals surface area contributed by atoms with Gasteiger partial charge >= 0.3 is 6.09 Å². The van der Waals surface area contributed by atoms with Crippen LogP contribution in [0.5, 0.6) is 5.75 Å². The zero-order valence-electron chi connectivity index (χ0n) is 11.9. The summed E-state index contributed by atoms with van der Waals surface area (Å²) in [7, 11) is 1.59. The summed E-state index contributed by atoms with van der Waals surface area (Å²) in [5, 5.41) is 2.70. The van der Waals surface area contributed by atoms with Crippen molar-refractivity contribution in [2.75, 3.05) is 7.11 Å². The van der Waals surface area contributed by atoms with Crippen LogP contribution in [0.4, 0.5) is 4.79 Å². The molecule has 106 valence electrons. The fraction of sp³-hybridized carbons (Fsp3) is 0.500. The third-order valence-corrected chi connectivity index (χ3v) is 2.40.